The zero-order valence-corrected chi connectivity index (χ0v) is 25.3. The molecule has 16 heteroatoms. The number of alkyl halides is 2. The Morgan fingerprint density at radius 2 is 1.43 bits per heavy atom. The van der Waals surface area contributed by atoms with Crippen LogP contribution in [0.4, 0.5) is 27.6 Å². The Kier molecular flexibility index (Phi) is 6.68. The third-order valence-electron chi connectivity index (χ3n) is 9.08. The topological polar surface area (TPSA) is 107 Å². The molecule has 0 bridgehead atoms. The lowest BCUT2D eigenvalue weighted by Crippen LogP contribution is -2.59. The molecule has 47 heavy (non-hydrogen) atoms. The number of aryl methyl sites for hydroxylation is 1. The number of amides is 2. The molecule has 4 atom stereocenters. The van der Waals surface area contributed by atoms with Gasteiger partial charge in [0.05, 0.1) is 18.3 Å². The molecule has 2 aliphatic heterocycles. The molecule has 0 radical (unpaired) electrons. The highest BCUT2D eigenvalue weighted by molar-refractivity contribution is 6.58. The predicted octanol–water partition coefficient (Wildman–Crippen LogP) is 4.71. The van der Waals surface area contributed by atoms with Crippen molar-refractivity contribution in [1.29, 1.82) is 0 Å². The number of para-hydroxylation sites is 2. The lowest BCUT2D eigenvalue weighted by Gasteiger charge is -2.49. The molecule has 7 rings (SSSR count). The number of imide groups is 1. The minimum atomic E-state index is -2.76. The second kappa shape index (κ2) is 10.2. The Morgan fingerprint density at radius 1 is 0.809 bits per heavy atom. The van der Waals surface area contributed by atoms with Crippen LogP contribution >= 0.6 is 23.2 Å². The van der Waals surface area contributed by atoms with Crippen LogP contribution in [0.2, 0.25) is 0 Å². The van der Waals surface area contributed by atoms with Crippen LogP contribution in [-0.2, 0) is 16.1 Å². The van der Waals surface area contributed by atoms with E-state index in [2.05, 4.69) is 0 Å². The summed E-state index contributed by atoms with van der Waals surface area (Å²) in [4.78, 5) is 50.1. The van der Waals surface area contributed by atoms with Crippen molar-refractivity contribution in [3.63, 3.8) is 0 Å². The predicted molar refractivity (Wildman–Crippen MR) is 158 cm³/mol. The number of benzene rings is 3. The van der Waals surface area contributed by atoms with Crippen LogP contribution in [0.1, 0.15) is 29.5 Å². The molecule has 4 aromatic rings. The fraction of sp³-hybridized carbons (Fsp3) is 0.226. The number of hydrogen-bond acceptors (Lipinski definition) is 5. The number of hydrogen-bond donors (Lipinski definition) is 1. The molecule has 1 aromatic heterocycles. The summed E-state index contributed by atoms with van der Waals surface area (Å²) in [6, 6.07) is 10.9. The van der Waals surface area contributed by atoms with Gasteiger partial charge in [0.15, 0.2) is 33.0 Å². The monoisotopic (exact) mass is 692 g/mol. The number of rotatable bonds is 3. The standard InChI is InChI=1S/C31H19Cl2F5N4O5/c1-13-6-5-9-16(25(13)43)18-15-10-11-39-28(46)40(14-7-3-2-4-8-14)29(47)42(39)17(15)12-30(32)26(44)41(27(45)31(18,30)33)24-22(37)20(35)19(34)21(36)23(24)38/h2-10,17-18,43H,11-12H2,1H3/t17-,18-,30-,31+/m1/s1. The summed E-state index contributed by atoms with van der Waals surface area (Å²) in [6.07, 6.45) is 0.703. The molecule has 1 saturated carbocycles. The van der Waals surface area contributed by atoms with E-state index < -0.39 is 91.8 Å². The Balaban J connectivity index is 1.51. The van der Waals surface area contributed by atoms with Crippen molar-refractivity contribution in [2.45, 2.75) is 41.6 Å². The molecular weight excluding hydrogens is 674 g/mol. The van der Waals surface area contributed by atoms with Crippen LogP contribution in [0.25, 0.3) is 5.69 Å². The van der Waals surface area contributed by atoms with Gasteiger partial charge in [-0.05, 0) is 30.2 Å². The van der Waals surface area contributed by atoms with E-state index in [-0.39, 0.29) is 33.8 Å². The first kappa shape index (κ1) is 30.9. The van der Waals surface area contributed by atoms with E-state index in [1.807, 2.05) is 0 Å². The minimum absolute atomic E-state index is 0.0901. The van der Waals surface area contributed by atoms with Gasteiger partial charge in [-0.15, -0.1) is 23.2 Å². The van der Waals surface area contributed by atoms with Gasteiger partial charge in [0.2, 0.25) is 5.82 Å². The fourth-order valence-electron chi connectivity index (χ4n) is 6.89. The van der Waals surface area contributed by atoms with E-state index in [1.165, 1.54) is 43.3 Å². The van der Waals surface area contributed by atoms with Gasteiger partial charge in [-0.2, -0.15) is 0 Å². The number of carbonyl (C=O) groups is 2. The molecule has 2 fully saturated rings. The number of anilines is 1. The van der Waals surface area contributed by atoms with E-state index in [4.69, 9.17) is 23.2 Å². The normalized spacial score (nSPS) is 25.0. The zero-order chi connectivity index (χ0) is 33.9. The second-order valence-electron chi connectivity index (χ2n) is 11.4. The average molecular weight is 693 g/mol. The molecule has 9 nitrogen and oxygen atoms in total. The van der Waals surface area contributed by atoms with E-state index in [9.17, 15) is 37.5 Å². The van der Waals surface area contributed by atoms with Crippen LogP contribution in [0.5, 0.6) is 5.75 Å². The van der Waals surface area contributed by atoms with Crippen LogP contribution in [-0.4, -0.2) is 40.6 Å². The molecule has 242 valence electrons. The smallest absolute Gasteiger partial charge is 0.352 e. The summed E-state index contributed by atoms with van der Waals surface area (Å²) in [5.41, 5.74) is -3.01. The highest BCUT2D eigenvalue weighted by Gasteiger charge is 2.76. The van der Waals surface area contributed by atoms with E-state index in [0.29, 0.717) is 0 Å². The first-order valence-electron chi connectivity index (χ1n) is 13.9. The Hall–Kier alpha value is -4.69. The number of fused-ring (bicyclic) bond motifs is 4. The summed E-state index contributed by atoms with van der Waals surface area (Å²) < 4.78 is 75.8. The molecule has 3 aromatic carbocycles. The number of phenols is 1. The van der Waals surface area contributed by atoms with Crippen molar-refractivity contribution in [3.8, 4) is 11.4 Å². The zero-order valence-electron chi connectivity index (χ0n) is 23.8. The Bertz CT molecular complexity index is 2210. The minimum Gasteiger partial charge on any atom is -0.507 e. The molecule has 0 unspecified atom stereocenters. The van der Waals surface area contributed by atoms with Crippen molar-refractivity contribution in [3.05, 3.63) is 121 Å². The van der Waals surface area contributed by atoms with E-state index in [1.54, 1.807) is 18.2 Å². The van der Waals surface area contributed by atoms with Gasteiger partial charge in [-0.25, -0.2) is 50.4 Å². The summed E-state index contributed by atoms with van der Waals surface area (Å²) in [7, 11) is 0. The van der Waals surface area contributed by atoms with Crippen molar-refractivity contribution in [1.82, 2.24) is 13.9 Å². The van der Waals surface area contributed by atoms with Crippen LogP contribution < -0.4 is 16.3 Å². The number of aromatic hydroxyl groups is 1. The van der Waals surface area contributed by atoms with Gasteiger partial charge in [-0.3, -0.25) is 9.59 Å². The number of nitrogens with zero attached hydrogens (tertiary/aromatic N) is 4. The molecule has 3 aliphatic rings. The first-order chi connectivity index (χ1) is 22.2. The maximum absolute atomic E-state index is 15.1. The van der Waals surface area contributed by atoms with E-state index >= 15 is 8.78 Å². The highest BCUT2D eigenvalue weighted by Crippen LogP contribution is 2.65. The lowest BCUT2D eigenvalue weighted by atomic mass is 9.64. The molecule has 1 N–H and O–H groups in total. The molecule has 2 amide bonds. The van der Waals surface area contributed by atoms with Gasteiger partial charge in [0.1, 0.15) is 11.4 Å². The van der Waals surface area contributed by atoms with Gasteiger partial charge in [0, 0.05) is 17.9 Å². The van der Waals surface area contributed by atoms with E-state index in [0.717, 1.165) is 13.9 Å². The molecule has 0 spiro atoms. The van der Waals surface area contributed by atoms with Crippen molar-refractivity contribution in [2.75, 3.05) is 4.90 Å². The molecule has 3 heterocycles. The third-order valence-corrected chi connectivity index (χ3v) is 10.5. The number of aromatic nitrogens is 3. The van der Waals surface area contributed by atoms with Gasteiger partial charge in [0.25, 0.3) is 11.8 Å². The average Bonchev–Trinajstić information content (AvgIpc) is 3.39. The maximum atomic E-state index is 15.1. The molecular formula is C31H19Cl2F5N4O5. The van der Waals surface area contributed by atoms with Gasteiger partial charge < -0.3 is 5.11 Å². The van der Waals surface area contributed by atoms with Crippen molar-refractivity contribution >= 4 is 40.7 Å². The SMILES string of the molecule is Cc1cccc([C@H]2C3=CCn4c(=O)n(-c5ccccc5)c(=O)n4[C@@H]3C[C@@]3(Cl)C(=O)N(c4c(F)c(F)c(F)c(F)c4F)C(=O)[C@@]23Cl)c1O. The summed E-state index contributed by atoms with van der Waals surface area (Å²) >= 11 is 14.1. The number of allylic oxidation sites excluding steroid dienone is 2. The quantitative estimate of drug-likeness (QED) is 0.0837. The first-order valence-corrected chi connectivity index (χ1v) is 14.7. The largest absolute Gasteiger partial charge is 0.507 e. The fourth-order valence-corrected chi connectivity index (χ4v) is 7.79. The third kappa shape index (κ3) is 3.76. The Morgan fingerprint density at radius 3 is 2.06 bits per heavy atom. The van der Waals surface area contributed by atoms with Gasteiger partial charge >= 0.3 is 11.4 Å². The van der Waals surface area contributed by atoms with Crippen molar-refractivity contribution < 1.29 is 36.6 Å². The lowest BCUT2D eigenvalue weighted by molar-refractivity contribution is -0.122. The van der Waals surface area contributed by atoms with Crippen LogP contribution in [0, 0.1) is 36.0 Å². The summed E-state index contributed by atoms with van der Waals surface area (Å²) in [5, 5.41) is 11.2. The van der Waals surface area contributed by atoms with Crippen LogP contribution in [0.3, 0.4) is 0 Å². The molecule has 1 saturated heterocycles. The number of halogens is 7. The summed E-state index contributed by atoms with van der Waals surface area (Å²) in [5.74, 6) is -17.7. The maximum Gasteiger partial charge on any atom is 0.352 e. The number of phenolic OH excluding ortho intramolecular Hbond substituents is 1. The summed E-state index contributed by atoms with van der Waals surface area (Å²) in [6.45, 7) is 1.25. The van der Waals surface area contributed by atoms with Crippen molar-refractivity contribution in [2.24, 2.45) is 0 Å². The Labute approximate surface area is 270 Å². The number of carbonyl (C=O) groups excluding carboxylic acids is 2. The highest BCUT2D eigenvalue weighted by atomic mass is 35.5. The van der Waals surface area contributed by atoms with Crippen LogP contribution in [0.15, 0.2) is 69.8 Å². The molecule has 1 aliphatic carbocycles. The van der Waals surface area contributed by atoms with Gasteiger partial charge in [-0.1, -0.05) is 42.5 Å². The second-order valence-corrected chi connectivity index (χ2v) is 12.7.